The van der Waals surface area contributed by atoms with E-state index in [-0.39, 0.29) is 19.2 Å². The van der Waals surface area contributed by atoms with Crippen molar-refractivity contribution in [2.75, 3.05) is 20.3 Å². The molecule has 4 nitrogen and oxygen atoms in total. The zero-order chi connectivity index (χ0) is 19.3. The van der Waals surface area contributed by atoms with Gasteiger partial charge in [-0.05, 0) is 6.42 Å². The fraction of sp³-hybridized carbons (Fsp3) is 0.955. The number of aliphatic hydroxyl groups is 1. The number of carbonyl (C=O) groups is 1. The van der Waals surface area contributed by atoms with Gasteiger partial charge in [0.05, 0.1) is 13.2 Å². The van der Waals surface area contributed by atoms with Gasteiger partial charge < -0.3 is 14.6 Å². The lowest BCUT2D eigenvalue weighted by Gasteiger charge is -2.14. The van der Waals surface area contributed by atoms with Gasteiger partial charge in [0.25, 0.3) is 0 Å². The minimum Gasteiger partial charge on any atom is -0.457 e. The largest absolute Gasteiger partial charge is 0.457 e. The lowest BCUT2D eigenvalue weighted by molar-refractivity contribution is -0.154. The Hall–Kier alpha value is -0.610. The van der Waals surface area contributed by atoms with Crippen molar-refractivity contribution in [3.63, 3.8) is 0 Å². The van der Waals surface area contributed by atoms with E-state index in [0.29, 0.717) is 6.42 Å². The molecule has 156 valence electrons. The van der Waals surface area contributed by atoms with Gasteiger partial charge in [-0.25, -0.2) is 0 Å². The molecule has 0 aromatic heterocycles. The predicted octanol–water partition coefficient (Wildman–Crippen LogP) is 5.80. The summed E-state index contributed by atoms with van der Waals surface area (Å²) in [6, 6.07) is 0. The molecule has 0 radical (unpaired) electrons. The lowest BCUT2D eigenvalue weighted by atomic mass is 10.0. The molecule has 0 aromatic rings. The number of methoxy groups -OCH3 is 1. The number of unbranched alkanes of at least 4 members (excludes halogenated alkanes) is 14. The van der Waals surface area contributed by atoms with Crippen LogP contribution in [0.2, 0.25) is 0 Å². The number of carbonyl (C=O) groups excluding carboxylic acids is 1. The summed E-state index contributed by atoms with van der Waals surface area (Å²) in [6.07, 6.45) is 19.6. The minimum atomic E-state index is -0.524. The summed E-state index contributed by atoms with van der Waals surface area (Å²) in [5.74, 6) is -0.226. The Morgan fingerprint density at radius 1 is 0.769 bits per heavy atom. The average molecular weight is 373 g/mol. The number of ether oxygens (including phenoxy) is 2. The van der Waals surface area contributed by atoms with Crippen molar-refractivity contribution >= 4 is 5.97 Å². The van der Waals surface area contributed by atoms with Crippen LogP contribution in [0.4, 0.5) is 0 Å². The van der Waals surface area contributed by atoms with Crippen molar-refractivity contribution in [2.24, 2.45) is 0 Å². The van der Waals surface area contributed by atoms with E-state index in [1.807, 2.05) is 0 Å². The second-order valence-electron chi connectivity index (χ2n) is 7.45. The first-order valence-corrected chi connectivity index (χ1v) is 11.0. The quantitative estimate of drug-likeness (QED) is 0.217. The fourth-order valence-electron chi connectivity index (χ4n) is 3.20. The molecule has 4 heteroatoms. The Morgan fingerprint density at radius 3 is 1.58 bits per heavy atom. The van der Waals surface area contributed by atoms with Crippen LogP contribution >= 0.6 is 0 Å². The normalized spacial score (nSPS) is 12.3. The molecule has 0 aliphatic carbocycles. The number of hydrogen-bond donors (Lipinski definition) is 1. The smallest absolute Gasteiger partial charge is 0.306 e. The Balaban J connectivity index is 3.22. The summed E-state index contributed by atoms with van der Waals surface area (Å²) in [6.45, 7) is 2.34. The monoisotopic (exact) mass is 372 g/mol. The number of hydrogen-bond acceptors (Lipinski definition) is 4. The molecule has 0 aliphatic rings. The molecule has 0 fully saturated rings. The highest BCUT2D eigenvalue weighted by Gasteiger charge is 2.12. The number of rotatable bonds is 20. The second-order valence-corrected chi connectivity index (χ2v) is 7.45. The maximum Gasteiger partial charge on any atom is 0.306 e. The molecule has 0 amide bonds. The predicted molar refractivity (Wildman–Crippen MR) is 108 cm³/mol. The lowest BCUT2D eigenvalue weighted by Crippen LogP contribution is -2.26. The van der Waals surface area contributed by atoms with Gasteiger partial charge >= 0.3 is 5.97 Å². The maximum absolute atomic E-state index is 11.6. The van der Waals surface area contributed by atoms with Gasteiger partial charge in [0.15, 0.2) is 0 Å². The van der Waals surface area contributed by atoms with E-state index in [1.54, 1.807) is 0 Å². The fourth-order valence-corrected chi connectivity index (χ4v) is 3.20. The zero-order valence-corrected chi connectivity index (χ0v) is 17.5. The molecule has 1 N–H and O–H groups in total. The van der Waals surface area contributed by atoms with E-state index < -0.39 is 6.10 Å². The molecule has 0 saturated heterocycles. The first kappa shape index (κ1) is 25.4. The summed E-state index contributed by atoms with van der Waals surface area (Å²) in [4.78, 5) is 11.6. The van der Waals surface area contributed by atoms with Gasteiger partial charge in [0, 0.05) is 13.5 Å². The van der Waals surface area contributed by atoms with Gasteiger partial charge in [-0.1, -0.05) is 96.8 Å². The van der Waals surface area contributed by atoms with E-state index in [2.05, 4.69) is 6.92 Å². The van der Waals surface area contributed by atoms with Crippen LogP contribution in [0.15, 0.2) is 0 Å². The number of esters is 1. The van der Waals surface area contributed by atoms with Crippen molar-refractivity contribution in [1.82, 2.24) is 0 Å². The number of aliphatic hydroxyl groups excluding tert-OH is 1. The molecule has 0 rings (SSSR count). The summed E-state index contributed by atoms with van der Waals surface area (Å²) in [7, 11) is 1.53. The van der Waals surface area contributed by atoms with E-state index in [0.717, 1.165) is 12.8 Å². The van der Waals surface area contributed by atoms with Gasteiger partial charge in [-0.2, -0.15) is 0 Å². The van der Waals surface area contributed by atoms with Crippen LogP contribution in [-0.2, 0) is 14.3 Å². The van der Waals surface area contributed by atoms with Crippen molar-refractivity contribution in [3.05, 3.63) is 0 Å². The molecule has 0 aromatic carbocycles. The van der Waals surface area contributed by atoms with Crippen LogP contribution in [0.25, 0.3) is 0 Å². The Bertz CT molecular complexity index is 294. The Labute approximate surface area is 162 Å². The molecule has 0 spiro atoms. The summed E-state index contributed by atoms with van der Waals surface area (Å²) < 4.78 is 10.0. The second kappa shape index (κ2) is 20.7. The maximum atomic E-state index is 11.6. The molecule has 1 atom stereocenters. The molecule has 0 bridgehead atoms. The average Bonchev–Trinajstić information content (AvgIpc) is 2.64. The molecule has 0 saturated carbocycles. The molecule has 0 aliphatic heterocycles. The minimum absolute atomic E-state index is 0.182. The molecular weight excluding hydrogens is 328 g/mol. The van der Waals surface area contributed by atoms with Gasteiger partial charge in [0.1, 0.15) is 6.10 Å². The first-order valence-electron chi connectivity index (χ1n) is 11.0. The third-order valence-electron chi connectivity index (χ3n) is 4.84. The van der Waals surface area contributed by atoms with Crippen molar-refractivity contribution < 1.29 is 19.4 Å². The van der Waals surface area contributed by atoms with Crippen LogP contribution in [-0.4, -0.2) is 37.5 Å². The summed E-state index contributed by atoms with van der Waals surface area (Å²) in [5.41, 5.74) is 0. The highest BCUT2D eigenvalue weighted by Crippen LogP contribution is 2.14. The van der Waals surface area contributed by atoms with Crippen molar-refractivity contribution in [3.8, 4) is 0 Å². The van der Waals surface area contributed by atoms with Crippen LogP contribution in [0.3, 0.4) is 0 Å². The topological polar surface area (TPSA) is 55.8 Å². The van der Waals surface area contributed by atoms with Crippen LogP contribution in [0.1, 0.15) is 110 Å². The third kappa shape index (κ3) is 18.2. The molecule has 1 unspecified atom stereocenters. The van der Waals surface area contributed by atoms with E-state index in [4.69, 9.17) is 14.6 Å². The van der Waals surface area contributed by atoms with Crippen LogP contribution in [0, 0.1) is 0 Å². The molecular formula is C22H44O4. The third-order valence-corrected chi connectivity index (χ3v) is 4.84. The van der Waals surface area contributed by atoms with Gasteiger partial charge in [-0.3, -0.25) is 4.79 Å². The van der Waals surface area contributed by atoms with E-state index in [1.165, 1.54) is 90.6 Å². The SMILES string of the molecule is CCCCCCCCCCCCCCCCCC(=O)OC(CO)COC. The highest BCUT2D eigenvalue weighted by molar-refractivity contribution is 5.69. The zero-order valence-electron chi connectivity index (χ0n) is 17.5. The summed E-state index contributed by atoms with van der Waals surface area (Å²) >= 11 is 0. The van der Waals surface area contributed by atoms with Crippen LogP contribution < -0.4 is 0 Å². The van der Waals surface area contributed by atoms with Gasteiger partial charge in [-0.15, -0.1) is 0 Å². The van der Waals surface area contributed by atoms with E-state index >= 15 is 0 Å². The Morgan fingerprint density at radius 2 is 1.19 bits per heavy atom. The van der Waals surface area contributed by atoms with Crippen molar-refractivity contribution in [2.45, 2.75) is 116 Å². The van der Waals surface area contributed by atoms with Crippen LogP contribution in [0.5, 0.6) is 0 Å². The van der Waals surface area contributed by atoms with Gasteiger partial charge in [0.2, 0.25) is 0 Å². The highest BCUT2D eigenvalue weighted by atomic mass is 16.6. The Kier molecular flexibility index (Phi) is 20.2. The summed E-state index contributed by atoms with van der Waals surface area (Å²) in [5, 5.41) is 9.05. The standard InChI is InChI=1S/C22H44O4/c1-3-4-5-6-7-8-9-10-11-12-13-14-15-16-17-18-22(24)26-21(19-23)20-25-2/h21,23H,3-20H2,1-2H3. The molecule has 0 heterocycles. The van der Waals surface area contributed by atoms with Crippen molar-refractivity contribution in [1.29, 1.82) is 0 Å². The molecule has 26 heavy (non-hydrogen) atoms. The first-order chi connectivity index (χ1) is 12.7. The van der Waals surface area contributed by atoms with E-state index in [9.17, 15) is 4.79 Å².